The van der Waals surface area contributed by atoms with Crippen LogP contribution in [0, 0.1) is 0 Å². The number of aliphatic hydroxyl groups is 1. The number of benzene rings is 2. The molecular formula is C18H23ClIN3O. The number of rotatable bonds is 5. The van der Waals surface area contributed by atoms with Gasteiger partial charge in [0.05, 0.1) is 12.6 Å². The SMILES string of the molecule is CN(C)C(=NCc1ccccc1)NCC(O)c1ccccc1Cl.I. The minimum Gasteiger partial charge on any atom is -0.387 e. The maximum absolute atomic E-state index is 10.3. The summed E-state index contributed by atoms with van der Waals surface area (Å²) in [5.41, 5.74) is 1.85. The number of hydrogen-bond donors (Lipinski definition) is 2. The predicted molar refractivity (Wildman–Crippen MR) is 111 cm³/mol. The molecule has 0 fully saturated rings. The maximum atomic E-state index is 10.3. The zero-order valence-corrected chi connectivity index (χ0v) is 16.9. The summed E-state index contributed by atoms with van der Waals surface area (Å²) >= 11 is 6.11. The third kappa shape index (κ3) is 6.30. The lowest BCUT2D eigenvalue weighted by Crippen LogP contribution is -2.38. The molecule has 0 aromatic heterocycles. The summed E-state index contributed by atoms with van der Waals surface area (Å²) in [5, 5.41) is 14.0. The second-order valence-electron chi connectivity index (χ2n) is 5.44. The highest BCUT2D eigenvalue weighted by Gasteiger charge is 2.12. The van der Waals surface area contributed by atoms with Gasteiger partial charge in [-0.2, -0.15) is 0 Å². The predicted octanol–water partition coefficient (Wildman–Crippen LogP) is 3.70. The zero-order chi connectivity index (χ0) is 16.7. The maximum Gasteiger partial charge on any atom is 0.193 e. The van der Waals surface area contributed by atoms with E-state index >= 15 is 0 Å². The van der Waals surface area contributed by atoms with Gasteiger partial charge in [0.1, 0.15) is 0 Å². The van der Waals surface area contributed by atoms with Gasteiger partial charge in [0.2, 0.25) is 0 Å². The van der Waals surface area contributed by atoms with Crippen LogP contribution in [0.4, 0.5) is 0 Å². The van der Waals surface area contributed by atoms with E-state index in [0.29, 0.717) is 23.7 Å². The summed E-state index contributed by atoms with van der Waals surface area (Å²) in [5.74, 6) is 0.722. The van der Waals surface area contributed by atoms with E-state index in [-0.39, 0.29) is 24.0 Å². The highest BCUT2D eigenvalue weighted by molar-refractivity contribution is 14.0. The highest BCUT2D eigenvalue weighted by Crippen LogP contribution is 2.21. The average Bonchev–Trinajstić information content (AvgIpc) is 2.55. The van der Waals surface area contributed by atoms with Gasteiger partial charge in [0, 0.05) is 31.2 Å². The van der Waals surface area contributed by atoms with Gasteiger partial charge in [0.25, 0.3) is 0 Å². The molecule has 0 radical (unpaired) electrons. The number of guanidine groups is 1. The molecule has 0 bridgehead atoms. The molecule has 1 atom stereocenters. The second kappa shape index (κ2) is 10.5. The normalized spacial score (nSPS) is 12.2. The van der Waals surface area contributed by atoms with Gasteiger partial charge < -0.3 is 15.3 Å². The lowest BCUT2D eigenvalue weighted by atomic mass is 10.1. The van der Waals surface area contributed by atoms with E-state index in [1.165, 1.54) is 0 Å². The van der Waals surface area contributed by atoms with Crippen molar-refractivity contribution in [1.82, 2.24) is 10.2 Å². The monoisotopic (exact) mass is 459 g/mol. The van der Waals surface area contributed by atoms with Crippen LogP contribution in [-0.2, 0) is 6.54 Å². The number of aliphatic imine (C=N–C) groups is 1. The molecule has 0 aliphatic heterocycles. The molecule has 4 nitrogen and oxygen atoms in total. The molecular weight excluding hydrogens is 437 g/mol. The lowest BCUT2D eigenvalue weighted by Gasteiger charge is -2.20. The summed E-state index contributed by atoms with van der Waals surface area (Å²) in [4.78, 5) is 6.46. The molecule has 130 valence electrons. The van der Waals surface area contributed by atoms with Crippen LogP contribution in [0.2, 0.25) is 5.02 Å². The summed E-state index contributed by atoms with van der Waals surface area (Å²) < 4.78 is 0. The molecule has 1 unspecified atom stereocenters. The lowest BCUT2D eigenvalue weighted by molar-refractivity contribution is 0.180. The van der Waals surface area contributed by atoms with Crippen LogP contribution in [0.3, 0.4) is 0 Å². The Morgan fingerprint density at radius 1 is 1.12 bits per heavy atom. The molecule has 6 heteroatoms. The van der Waals surface area contributed by atoms with E-state index in [2.05, 4.69) is 10.3 Å². The van der Waals surface area contributed by atoms with Gasteiger partial charge >= 0.3 is 0 Å². The first-order valence-corrected chi connectivity index (χ1v) is 7.88. The first kappa shape index (κ1) is 20.7. The van der Waals surface area contributed by atoms with Crippen LogP contribution >= 0.6 is 35.6 Å². The van der Waals surface area contributed by atoms with Crippen LogP contribution < -0.4 is 5.32 Å². The summed E-state index contributed by atoms with van der Waals surface area (Å²) in [6.45, 7) is 0.930. The molecule has 2 N–H and O–H groups in total. The fourth-order valence-corrected chi connectivity index (χ4v) is 2.41. The van der Waals surface area contributed by atoms with E-state index in [4.69, 9.17) is 11.6 Å². The Morgan fingerprint density at radius 3 is 2.38 bits per heavy atom. The van der Waals surface area contributed by atoms with E-state index in [1.807, 2.05) is 67.5 Å². The molecule has 0 saturated carbocycles. The van der Waals surface area contributed by atoms with Gasteiger partial charge in [-0.15, -0.1) is 24.0 Å². The van der Waals surface area contributed by atoms with Crippen molar-refractivity contribution in [3.8, 4) is 0 Å². The number of nitrogens with zero attached hydrogens (tertiary/aromatic N) is 2. The third-order valence-corrected chi connectivity index (χ3v) is 3.74. The summed E-state index contributed by atoms with van der Waals surface area (Å²) in [7, 11) is 3.83. The highest BCUT2D eigenvalue weighted by atomic mass is 127. The Labute approximate surface area is 165 Å². The Hall–Kier alpha value is -1.31. The minimum atomic E-state index is -0.689. The van der Waals surface area contributed by atoms with E-state index in [9.17, 15) is 5.11 Å². The van der Waals surface area contributed by atoms with Crippen molar-refractivity contribution in [2.75, 3.05) is 20.6 Å². The standard InChI is InChI=1S/C18H22ClN3O.HI/c1-22(2)18(20-12-14-8-4-3-5-9-14)21-13-17(23)15-10-6-7-11-16(15)19;/h3-11,17,23H,12-13H2,1-2H3,(H,20,21);1H. The minimum absolute atomic E-state index is 0. The largest absolute Gasteiger partial charge is 0.387 e. The van der Waals surface area contributed by atoms with Crippen LogP contribution in [0.25, 0.3) is 0 Å². The van der Waals surface area contributed by atoms with Crippen molar-refractivity contribution in [3.05, 3.63) is 70.7 Å². The van der Waals surface area contributed by atoms with Gasteiger partial charge in [0.15, 0.2) is 5.96 Å². The summed E-state index contributed by atoms with van der Waals surface area (Å²) in [6, 6.07) is 17.4. The van der Waals surface area contributed by atoms with Crippen molar-refractivity contribution in [1.29, 1.82) is 0 Å². The average molecular weight is 460 g/mol. The number of hydrogen-bond acceptors (Lipinski definition) is 2. The van der Waals surface area contributed by atoms with Crippen molar-refractivity contribution >= 4 is 41.5 Å². The Morgan fingerprint density at radius 2 is 1.75 bits per heavy atom. The van der Waals surface area contributed by atoms with Crippen LogP contribution in [0.15, 0.2) is 59.6 Å². The molecule has 0 spiro atoms. The zero-order valence-electron chi connectivity index (χ0n) is 13.8. The third-order valence-electron chi connectivity index (χ3n) is 3.40. The molecule has 2 rings (SSSR count). The number of nitrogens with one attached hydrogen (secondary N) is 1. The van der Waals surface area contributed by atoms with E-state index in [0.717, 1.165) is 11.5 Å². The smallest absolute Gasteiger partial charge is 0.193 e. The second-order valence-corrected chi connectivity index (χ2v) is 5.85. The van der Waals surface area contributed by atoms with Crippen molar-refractivity contribution in [3.63, 3.8) is 0 Å². The summed E-state index contributed by atoms with van der Waals surface area (Å²) in [6.07, 6.45) is -0.689. The molecule has 0 saturated heterocycles. The fourth-order valence-electron chi connectivity index (χ4n) is 2.15. The van der Waals surface area contributed by atoms with Gasteiger partial charge in [-0.1, -0.05) is 60.1 Å². The molecule has 0 aliphatic rings. The topological polar surface area (TPSA) is 47.9 Å². The van der Waals surface area contributed by atoms with Crippen molar-refractivity contribution in [2.24, 2.45) is 4.99 Å². The van der Waals surface area contributed by atoms with Gasteiger partial charge in [-0.3, -0.25) is 0 Å². The first-order valence-electron chi connectivity index (χ1n) is 7.50. The molecule has 2 aromatic carbocycles. The van der Waals surface area contributed by atoms with E-state index in [1.54, 1.807) is 6.07 Å². The molecule has 24 heavy (non-hydrogen) atoms. The number of halogens is 2. The van der Waals surface area contributed by atoms with Crippen LogP contribution in [0.5, 0.6) is 0 Å². The van der Waals surface area contributed by atoms with Crippen molar-refractivity contribution < 1.29 is 5.11 Å². The molecule has 0 amide bonds. The van der Waals surface area contributed by atoms with E-state index < -0.39 is 6.10 Å². The molecule has 0 heterocycles. The fraction of sp³-hybridized carbons (Fsp3) is 0.278. The van der Waals surface area contributed by atoms with Crippen molar-refractivity contribution in [2.45, 2.75) is 12.6 Å². The number of aliphatic hydroxyl groups excluding tert-OH is 1. The Bertz CT molecular complexity index is 650. The quantitative estimate of drug-likeness (QED) is 0.407. The van der Waals surface area contributed by atoms with Crippen LogP contribution in [-0.4, -0.2) is 36.6 Å². The Balaban J connectivity index is 0.00000288. The van der Waals surface area contributed by atoms with Gasteiger partial charge in [-0.05, 0) is 11.6 Å². The van der Waals surface area contributed by atoms with Crippen LogP contribution in [0.1, 0.15) is 17.2 Å². The Kier molecular flexibility index (Phi) is 9.10. The molecule has 2 aromatic rings. The molecule has 0 aliphatic carbocycles. The van der Waals surface area contributed by atoms with Gasteiger partial charge in [-0.25, -0.2) is 4.99 Å². The first-order chi connectivity index (χ1) is 11.1.